The standard InChI is InChI=1S/C16H14Cl2N2OS/c17-11-7-12(18)9-13(8-11)19-10-16(21)20-5-6-22-15-4-2-1-3-14(15)20/h1-4,7-9,19H,5-6,10H2. The third kappa shape index (κ3) is 3.51. The highest BCUT2D eigenvalue weighted by atomic mass is 35.5. The van der Waals surface area contributed by atoms with Crippen LogP contribution in [0.3, 0.4) is 0 Å². The average Bonchev–Trinajstić information content (AvgIpc) is 2.51. The lowest BCUT2D eigenvalue weighted by Gasteiger charge is -2.29. The Morgan fingerprint density at radius 2 is 1.91 bits per heavy atom. The third-order valence-corrected chi connectivity index (χ3v) is 4.82. The summed E-state index contributed by atoms with van der Waals surface area (Å²) in [5.74, 6) is 0.940. The summed E-state index contributed by atoms with van der Waals surface area (Å²) < 4.78 is 0. The summed E-state index contributed by atoms with van der Waals surface area (Å²) in [6, 6.07) is 13.1. The second-order valence-corrected chi connectivity index (χ2v) is 6.88. The molecule has 2 aromatic carbocycles. The Morgan fingerprint density at radius 1 is 1.18 bits per heavy atom. The van der Waals surface area contributed by atoms with E-state index >= 15 is 0 Å². The molecule has 1 heterocycles. The van der Waals surface area contributed by atoms with E-state index in [1.54, 1.807) is 30.0 Å². The Hall–Kier alpha value is -1.36. The number of rotatable bonds is 3. The first kappa shape index (κ1) is 15.5. The fourth-order valence-electron chi connectivity index (χ4n) is 2.36. The van der Waals surface area contributed by atoms with Crippen LogP contribution in [0.1, 0.15) is 0 Å². The van der Waals surface area contributed by atoms with Crippen molar-refractivity contribution in [3.05, 3.63) is 52.5 Å². The van der Waals surface area contributed by atoms with E-state index in [1.807, 2.05) is 29.2 Å². The van der Waals surface area contributed by atoms with Crippen molar-refractivity contribution in [2.75, 3.05) is 29.1 Å². The van der Waals surface area contributed by atoms with Crippen molar-refractivity contribution in [3.8, 4) is 0 Å². The summed E-state index contributed by atoms with van der Waals surface area (Å²) >= 11 is 13.7. The Labute approximate surface area is 143 Å². The molecule has 0 radical (unpaired) electrons. The van der Waals surface area contributed by atoms with Crippen molar-refractivity contribution in [1.82, 2.24) is 0 Å². The van der Waals surface area contributed by atoms with E-state index in [2.05, 4.69) is 5.32 Å². The molecule has 3 nitrogen and oxygen atoms in total. The number of anilines is 2. The molecule has 22 heavy (non-hydrogen) atoms. The number of nitrogens with zero attached hydrogens (tertiary/aromatic N) is 1. The highest BCUT2D eigenvalue weighted by Crippen LogP contribution is 2.34. The van der Waals surface area contributed by atoms with Gasteiger partial charge in [0.2, 0.25) is 5.91 Å². The number of carbonyl (C=O) groups excluding carboxylic acids is 1. The summed E-state index contributed by atoms with van der Waals surface area (Å²) in [5.41, 5.74) is 1.72. The fraction of sp³-hybridized carbons (Fsp3) is 0.188. The summed E-state index contributed by atoms with van der Waals surface area (Å²) in [6.45, 7) is 0.925. The van der Waals surface area contributed by atoms with Gasteiger partial charge in [0.1, 0.15) is 0 Å². The zero-order chi connectivity index (χ0) is 15.5. The van der Waals surface area contributed by atoms with Gasteiger partial charge in [-0.15, -0.1) is 11.8 Å². The molecule has 6 heteroatoms. The molecule has 2 aromatic rings. The minimum Gasteiger partial charge on any atom is -0.376 e. The van der Waals surface area contributed by atoms with Crippen LogP contribution >= 0.6 is 35.0 Å². The Morgan fingerprint density at radius 3 is 2.68 bits per heavy atom. The van der Waals surface area contributed by atoms with Crippen molar-refractivity contribution >= 4 is 52.2 Å². The van der Waals surface area contributed by atoms with Crippen LogP contribution < -0.4 is 10.2 Å². The number of nitrogens with one attached hydrogen (secondary N) is 1. The van der Waals surface area contributed by atoms with Crippen LogP contribution in [0.5, 0.6) is 0 Å². The van der Waals surface area contributed by atoms with E-state index in [4.69, 9.17) is 23.2 Å². The highest BCUT2D eigenvalue weighted by molar-refractivity contribution is 7.99. The molecule has 0 bridgehead atoms. The van der Waals surface area contributed by atoms with Gasteiger partial charge >= 0.3 is 0 Å². The van der Waals surface area contributed by atoms with Crippen molar-refractivity contribution in [2.24, 2.45) is 0 Å². The molecular formula is C16H14Cl2N2OS. The maximum absolute atomic E-state index is 12.5. The van der Waals surface area contributed by atoms with Gasteiger partial charge in [-0.05, 0) is 30.3 Å². The number of fused-ring (bicyclic) bond motifs is 1. The SMILES string of the molecule is O=C(CNc1cc(Cl)cc(Cl)c1)N1CCSc2ccccc21. The first-order chi connectivity index (χ1) is 10.6. The van der Waals surface area contributed by atoms with Gasteiger partial charge in [0.25, 0.3) is 0 Å². The van der Waals surface area contributed by atoms with Gasteiger partial charge in [0.15, 0.2) is 0 Å². The van der Waals surface area contributed by atoms with Gasteiger partial charge in [0.05, 0.1) is 12.2 Å². The predicted molar refractivity (Wildman–Crippen MR) is 94.5 cm³/mol. The Bertz CT molecular complexity index is 688. The van der Waals surface area contributed by atoms with Crippen LogP contribution in [0.2, 0.25) is 10.0 Å². The lowest BCUT2D eigenvalue weighted by molar-refractivity contribution is -0.117. The number of amides is 1. The molecule has 0 fully saturated rings. The molecule has 3 rings (SSSR count). The van der Waals surface area contributed by atoms with Crippen LogP contribution in [-0.4, -0.2) is 24.7 Å². The summed E-state index contributed by atoms with van der Waals surface area (Å²) in [5, 5.41) is 4.17. The number of thioether (sulfide) groups is 1. The summed E-state index contributed by atoms with van der Waals surface area (Å²) in [6.07, 6.45) is 0. The van der Waals surface area contributed by atoms with Gasteiger partial charge in [-0.1, -0.05) is 35.3 Å². The van der Waals surface area contributed by atoms with Gasteiger partial charge in [-0.3, -0.25) is 4.79 Å². The lowest BCUT2D eigenvalue weighted by Crippen LogP contribution is -2.39. The molecule has 0 aromatic heterocycles. The van der Waals surface area contributed by atoms with Crippen molar-refractivity contribution in [3.63, 3.8) is 0 Å². The first-order valence-electron chi connectivity index (χ1n) is 6.85. The zero-order valence-electron chi connectivity index (χ0n) is 11.7. The molecule has 0 saturated heterocycles. The van der Waals surface area contributed by atoms with E-state index in [-0.39, 0.29) is 12.5 Å². The number of benzene rings is 2. The largest absolute Gasteiger partial charge is 0.376 e. The Balaban J connectivity index is 1.70. The van der Waals surface area contributed by atoms with E-state index in [0.717, 1.165) is 28.6 Å². The van der Waals surface area contributed by atoms with Gasteiger partial charge in [0, 0.05) is 32.9 Å². The maximum Gasteiger partial charge on any atom is 0.246 e. The average molecular weight is 353 g/mol. The van der Waals surface area contributed by atoms with E-state index in [9.17, 15) is 4.79 Å². The lowest BCUT2D eigenvalue weighted by atomic mass is 10.2. The summed E-state index contributed by atoms with van der Waals surface area (Å²) in [7, 11) is 0. The third-order valence-electron chi connectivity index (χ3n) is 3.34. The second kappa shape index (κ2) is 6.82. The van der Waals surface area contributed by atoms with E-state index in [0.29, 0.717) is 10.0 Å². The van der Waals surface area contributed by atoms with Crippen LogP contribution in [-0.2, 0) is 4.79 Å². The van der Waals surface area contributed by atoms with Gasteiger partial charge in [-0.2, -0.15) is 0 Å². The van der Waals surface area contributed by atoms with Crippen molar-refractivity contribution in [2.45, 2.75) is 4.90 Å². The number of hydrogen-bond donors (Lipinski definition) is 1. The molecule has 1 N–H and O–H groups in total. The van der Waals surface area contributed by atoms with Crippen molar-refractivity contribution in [1.29, 1.82) is 0 Å². The second-order valence-electron chi connectivity index (χ2n) is 4.87. The topological polar surface area (TPSA) is 32.3 Å². The van der Waals surface area contributed by atoms with E-state index in [1.165, 1.54) is 0 Å². The normalized spacial score (nSPS) is 13.6. The molecule has 0 spiro atoms. The summed E-state index contributed by atoms with van der Waals surface area (Å²) in [4.78, 5) is 15.5. The highest BCUT2D eigenvalue weighted by Gasteiger charge is 2.22. The van der Waals surface area contributed by atoms with Crippen LogP contribution in [0, 0.1) is 0 Å². The molecule has 1 aliphatic rings. The molecule has 0 atom stereocenters. The number of para-hydroxylation sites is 1. The predicted octanol–water partition coefficient (Wildman–Crippen LogP) is 4.54. The first-order valence-corrected chi connectivity index (χ1v) is 8.60. The van der Waals surface area contributed by atoms with Gasteiger partial charge < -0.3 is 10.2 Å². The fourth-order valence-corrected chi connectivity index (χ4v) is 3.88. The van der Waals surface area contributed by atoms with E-state index < -0.39 is 0 Å². The minimum absolute atomic E-state index is 0.0313. The molecule has 1 amide bonds. The van der Waals surface area contributed by atoms with Crippen LogP contribution in [0.15, 0.2) is 47.4 Å². The van der Waals surface area contributed by atoms with Crippen molar-refractivity contribution < 1.29 is 4.79 Å². The maximum atomic E-state index is 12.5. The molecule has 1 aliphatic heterocycles. The molecule has 0 unspecified atom stereocenters. The van der Waals surface area contributed by atoms with Gasteiger partial charge in [-0.25, -0.2) is 0 Å². The molecule has 114 valence electrons. The molecule has 0 saturated carbocycles. The smallest absolute Gasteiger partial charge is 0.246 e. The molecular weight excluding hydrogens is 339 g/mol. The molecule has 0 aliphatic carbocycles. The number of halogens is 2. The van der Waals surface area contributed by atoms with Crippen LogP contribution in [0.25, 0.3) is 0 Å². The Kier molecular flexibility index (Phi) is 4.81. The number of carbonyl (C=O) groups is 1. The minimum atomic E-state index is 0.0313. The quantitative estimate of drug-likeness (QED) is 0.879. The number of hydrogen-bond acceptors (Lipinski definition) is 3. The monoisotopic (exact) mass is 352 g/mol. The zero-order valence-corrected chi connectivity index (χ0v) is 14.0. The van der Waals surface area contributed by atoms with Crippen LogP contribution in [0.4, 0.5) is 11.4 Å².